The number of benzene rings is 1. The fourth-order valence-electron chi connectivity index (χ4n) is 3.18. The van der Waals surface area contributed by atoms with Crippen LogP contribution in [-0.2, 0) is 6.54 Å². The first kappa shape index (κ1) is 17.4. The maximum atomic E-state index is 12.4. The second-order valence-electron chi connectivity index (χ2n) is 6.45. The molecule has 5 heteroatoms. The van der Waals surface area contributed by atoms with E-state index in [9.17, 15) is 4.79 Å². The number of anilines is 1. The monoisotopic (exact) mass is 338 g/mol. The Labute approximate surface area is 149 Å². The molecule has 1 saturated heterocycles. The summed E-state index contributed by atoms with van der Waals surface area (Å²) in [6, 6.07) is 16.3. The first-order valence-corrected chi connectivity index (χ1v) is 9.02. The molecule has 5 nitrogen and oxygen atoms in total. The van der Waals surface area contributed by atoms with E-state index in [1.165, 1.54) is 5.56 Å². The predicted octanol–water partition coefficient (Wildman–Crippen LogP) is 2.91. The Morgan fingerprint density at radius 3 is 2.60 bits per heavy atom. The van der Waals surface area contributed by atoms with Crippen LogP contribution in [0.1, 0.15) is 35.8 Å². The van der Waals surface area contributed by atoms with Crippen LogP contribution in [0.2, 0.25) is 0 Å². The molecular weight excluding hydrogens is 312 g/mol. The van der Waals surface area contributed by atoms with Crippen LogP contribution < -0.4 is 10.6 Å². The van der Waals surface area contributed by atoms with Crippen LogP contribution in [0.4, 0.5) is 5.82 Å². The van der Waals surface area contributed by atoms with Crippen molar-refractivity contribution in [1.82, 2.24) is 15.2 Å². The highest BCUT2D eigenvalue weighted by atomic mass is 16.1. The zero-order valence-corrected chi connectivity index (χ0v) is 14.7. The van der Waals surface area contributed by atoms with Gasteiger partial charge in [-0.2, -0.15) is 0 Å². The predicted molar refractivity (Wildman–Crippen MR) is 101 cm³/mol. The summed E-state index contributed by atoms with van der Waals surface area (Å²) in [5.74, 6) is 0.661. The summed E-state index contributed by atoms with van der Waals surface area (Å²) in [6.07, 6.45) is 1.96. The van der Waals surface area contributed by atoms with Gasteiger partial charge in [0.2, 0.25) is 0 Å². The quantitative estimate of drug-likeness (QED) is 0.850. The molecule has 1 aliphatic rings. The van der Waals surface area contributed by atoms with E-state index in [4.69, 9.17) is 0 Å². The Morgan fingerprint density at radius 2 is 1.88 bits per heavy atom. The van der Waals surface area contributed by atoms with Crippen LogP contribution in [0.15, 0.2) is 48.5 Å². The Bertz CT molecular complexity index is 681. The lowest BCUT2D eigenvalue weighted by Crippen LogP contribution is -2.44. The standard InChI is InChI=1S/C20H26N4O/c1-2-21-19-10-6-9-18(23-19)20(25)22-17-11-13-24(14-12-17)15-16-7-4-3-5-8-16/h3-10,17H,2,11-15H2,1H3,(H,21,23)(H,22,25). The smallest absolute Gasteiger partial charge is 0.270 e. The van der Waals surface area contributed by atoms with Gasteiger partial charge in [0.15, 0.2) is 0 Å². The molecular formula is C20H26N4O. The second-order valence-corrected chi connectivity index (χ2v) is 6.45. The van der Waals surface area contributed by atoms with E-state index in [2.05, 4.69) is 44.8 Å². The minimum Gasteiger partial charge on any atom is -0.370 e. The largest absolute Gasteiger partial charge is 0.370 e. The average Bonchev–Trinajstić information content (AvgIpc) is 2.65. The lowest BCUT2D eigenvalue weighted by atomic mass is 10.0. The number of pyridine rings is 1. The minimum atomic E-state index is -0.0822. The molecule has 1 aliphatic heterocycles. The van der Waals surface area contributed by atoms with Crippen LogP contribution in [0.25, 0.3) is 0 Å². The first-order valence-electron chi connectivity index (χ1n) is 9.02. The van der Waals surface area contributed by atoms with Gasteiger partial charge in [-0.25, -0.2) is 4.98 Å². The normalized spacial score (nSPS) is 15.7. The number of likely N-dealkylation sites (tertiary alicyclic amines) is 1. The summed E-state index contributed by atoms with van der Waals surface area (Å²) >= 11 is 0. The van der Waals surface area contributed by atoms with E-state index in [1.807, 2.05) is 25.1 Å². The number of hydrogen-bond acceptors (Lipinski definition) is 4. The van der Waals surface area contributed by atoms with Crippen molar-refractivity contribution in [3.63, 3.8) is 0 Å². The summed E-state index contributed by atoms with van der Waals surface area (Å²) < 4.78 is 0. The molecule has 25 heavy (non-hydrogen) atoms. The van der Waals surface area contributed by atoms with Crippen molar-refractivity contribution < 1.29 is 4.79 Å². The van der Waals surface area contributed by atoms with Gasteiger partial charge in [0.05, 0.1) is 0 Å². The van der Waals surface area contributed by atoms with Gasteiger partial charge in [0.1, 0.15) is 11.5 Å². The number of nitrogens with one attached hydrogen (secondary N) is 2. The fourth-order valence-corrected chi connectivity index (χ4v) is 3.18. The van der Waals surface area contributed by atoms with Gasteiger partial charge >= 0.3 is 0 Å². The number of aromatic nitrogens is 1. The summed E-state index contributed by atoms with van der Waals surface area (Å²) in [5, 5.41) is 6.27. The van der Waals surface area contributed by atoms with Crippen LogP contribution in [0, 0.1) is 0 Å². The van der Waals surface area contributed by atoms with Crippen LogP contribution in [-0.4, -0.2) is 41.5 Å². The third-order valence-corrected chi connectivity index (χ3v) is 4.51. The molecule has 0 bridgehead atoms. The van der Waals surface area contributed by atoms with Gasteiger partial charge in [-0.05, 0) is 37.5 Å². The number of carbonyl (C=O) groups is 1. The highest BCUT2D eigenvalue weighted by Gasteiger charge is 2.21. The average molecular weight is 338 g/mol. The molecule has 1 amide bonds. The summed E-state index contributed by atoms with van der Waals surface area (Å²) in [7, 11) is 0. The Morgan fingerprint density at radius 1 is 1.12 bits per heavy atom. The number of amides is 1. The molecule has 0 unspecified atom stereocenters. The van der Waals surface area contributed by atoms with Gasteiger partial charge in [0.25, 0.3) is 5.91 Å². The third kappa shape index (κ3) is 5.03. The molecule has 0 spiro atoms. The van der Waals surface area contributed by atoms with Crippen molar-refractivity contribution in [2.45, 2.75) is 32.4 Å². The molecule has 0 aliphatic carbocycles. The van der Waals surface area contributed by atoms with Crippen molar-refractivity contribution in [3.8, 4) is 0 Å². The second kappa shape index (κ2) is 8.62. The van der Waals surface area contributed by atoms with E-state index in [-0.39, 0.29) is 11.9 Å². The molecule has 0 saturated carbocycles. The van der Waals surface area contributed by atoms with Crippen molar-refractivity contribution in [1.29, 1.82) is 0 Å². The Balaban J connectivity index is 1.48. The zero-order valence-electron chi connectivity index (χ0n) is 14.7. The van der Waals surface area contributed by atoms with Crippen LogP contribution in [0.3, 0.4) is 0 Å². The lowest BCUT2D eigenvalue weighted by Gasteiger charge is -2.32. The summed E-state index contributed by atoms with van der Waals surface area (Å²) in [5.41, 5.74) is 1.82. The highest BCUT2D eigenvalue weighted by Crippen LogP contribution is 2.14. The van der Waals surface area contributed by atoms with Gasteiger partial charge in [-0.15, -0.1) is 0 Å². The lowest BCUT2D eigenvalue weighted by molar-refractivity contribution is 0.0904. The first-order chi connectivity index (χ1) is 12.2. The molecule has 2 heterocycles. The Kier molecular flexibility index (Phi) is 6.01. The van der Waals surface area contributed by atoms with E-state index in [0.717, 1.165) is 44.8 Å². The molecule has 132 valence electrons. The van der Waals surface area contributed by atoms with Crippen molar-refractivity contribution in [3.05, 3.63) is 59.8 Å². The number of piperidine rings is 1. The molecule has 1 aromatic heterocycles. The number of nitrogens with zero attached hydrogens (tertiary/aromatic N) is 2. The molecule has 2 aromatic rings. The van der Waals surface area contributed by atoms with Gasteiger partial charge in [-0.3, -0.25) is 9.69 Å². The number of hydrogen-bond donors (Lipinski definition) is 2. The van der Waals surface area contributed by atoms with Gasteiger partial charge in [0, 0.05) is 32.2 Å². The van der Waals surface area contributed by atoms with E-state index >= 15 is 0 Å². The molecule has 0 radical (unpaired) electrons. The van der Waals surface area contributed by atoms with E-state index in [0.29, 0.717) is 5.69 Å². The maximum absolute atomic E-state index is 12.4. The van der Waals surface area contributed by atoms with Gasteiger partial charge < -0.3 is 10.6 Å². The maximum Gasteiger partial charge on any atom is 0.270 e. The van der Waals surface area contributed by atoms with E-state index < -0.39 is 0 Å². The number of rotatable bonds is 6. The molecule has 1 aromatic carbocycles. The van der Waals surface area contributed by atoms with Gasteiger partial charge in [-0.1, -0.05) is 36.4 Å². The van der Waals surface area contributed by atoms with E-state index in [1.54, 1.807) is 6.07 Å². The third-order valence-electron chi connectivity index (χ3n) is 4.51. The molecule has 2 N–H and O–H groups in total. The highest BCUT2D eigenvalue weighted by molar-refractivity contribution is 5.92. The molecule has 1 fully saturated rings. The fraction of sp³-hybridized carbons (Fsp3) is 0.400. The van der Waals surface area contributed by atoms with Crippen LogP contribution >= 0.6 is 0 Å². The Hall–Kier alpha value is -2.40. The minimum absolute atomic E-state index is 0.0822. The molecule has 0 atom stereocenters. The van der Waals surface area contributed by atoms with Crippen molar-refractivity contribution >= 4 is 11.7 Å². The SMILES string of the molecule is CCNc1cccc(C(=O)NC2CCN(Cc3ccccc3)CC2)n1. The summed E-state index contributed by atoms with van der Waals surface area (Å²) in [6.45, 7) is 5.79. The zero-order chi connectivity index (χ0) is 17.5. The van der Waals surface area contributed by atoms with Crippen LogP contribution in [0.5, 0.6) is 0 Å². The topological polar surface area (TPSA) is 57.3 Å². The molecule has 3 rings (SSSR count). The van der Waals surface area contributed by atoms with Crippen molar-refractivity contribution in [2.75, 3.05) is 25.0 Å². The summed E-state index contributed by atoms with van der Waals surface area (Å²) in [4.78, 5) is 19.2. The van der Waals surface area contributed by atoms with Crippen molar-refractivity contribution in [2.24, 2.45) is 0 Å². The number of carbonyl (C=O) groups excluding carboxylic acids is 1.